The SMILES string of the molecule is Cc1cccc(Cl)c1Nc1nc2cc(OCCN3CCOCC3)c(NCCCN(C)C)cc2n2cncc12. The van der Waals surface area contributed by atoms with E-state index in [1.165, 1.54) is 0 Å². The Morgan fingerprint density at radius 3 is 2.79 bits per heavy atom. The molecule has 1 saturated heterocycles. The number of benzene rings is 2. The Morgan fingerprint density at radius 2 is 2.00 bits per heavy atom. The molecule has 0 saturated carbocycles. The standard InChI is InChI=1S/C28H36ClN7O2/c1-20-6-4-7-21(29)27(20)33-28-25-18-30-19-36(25)24-16-23(31-8-5-9-34(2)3)26(17-22(24)32-28)38-15-12-35-10-13-37-14-11-35/h4,6-7,16-19,31H,5,8-15H2,1-3H3,(H,32,33). The molecule has 1 fully saturated rings. The number of para-hydroxylation sites is 1. The number of anilines is 3. The lowest BCUT2D eigenvalue weighted by atomic mass is 10.2. The largest absolute Gasteiger partial charge is 0.490 e. The van der Waals surface area contributed by atoms with Gasteiger partial charge in [0.15, 0.2) is 5.82 Å². The maximum Gasteiger partial charge on any atom is 0.157 e. The van der Waals surface area contributed by atoms with E-state index in [0.29, 0.717) is 17.4 Å². The van der Waals surface area contributed by atoms with Crippen LogP contribution in [0.15, 0.2) is 42.9 Å². The van der Waals surface area contributed by atoms with Crippen LogP contribution in [0.5, 0.6) is 5.75 Å². The van der Waals surface area contributed by atoms with Gasteiger partial charge in [0.05, 0.1) is 53.2 Å². The van der Waals surface area contributed by atoms with Gasteiger partial charge in [0, 0.05) is 32.2 Å². The summed E-state index contributed by atoms with van der Waals surface area (Å²) in [5.41, 5.74) is 5.47. The second-order valence-corrected chi connectivity index (χ2v) is 10.3. The zero-order valence-corrected chi connectivity index (χ0v) is 23.1. The van der Waals surface area contributed by atoms with Gasteiger partial charge in [0.1, 0.15) is 17.9 Å². The molecule has 0 unspecified atom stereocenters. The zero-order valence-electron chi connectivity index (χ0n) is 22.3. The van der Waals surface area contributed by atoms with Gasteiger partial charge in [-0.1, -0.05) is 23.7 Å². The molecule has 2 N–H and O–H groups in total. The molecule has 2 aromatic heterocycles. The highest BCUT2D eigenvalue weighted by atomic mass is 35.5. The Bertz CT molecular complexity index is 1360. The summed E-state index contributed by atoms with van der Waals surface area (Å²) in [6.07, 6.45) is 4.66. The number of fused-ring (bicyclic) bond motifs is 3. The van der Waals surface area contributed by atoms with E-state index in [9.17, 15) is 0 Å². The number of nitrogens with one attached hydrogen (secondary N) is 2. The van der Waals surface area contributed by atoms with Gasteiger partial charge in [0.2, 0.25) is 0 Å². The van der Waals surface area contributed by atoms with Crippen molar-refractivity contribution in [1.29, 1.82) is 0 Å². The van der Waals surface area contributed by atoms with Crippen LogP contribution in [0.4, 0.5) is 17.2 Å². The van der Waals surface area contributed by atoms with Crippen molar-refractivity contribution >= 4 is 45.3 Å². The van der Waals surface area contributed by atoms with Crippen LogP contribution in [-0.4, -0.2) is 90.8 Å². The first-order valence-corrected chi connectivity index (χ1v) is 13.5. The minimum Gasteiger partial charge on any atom is -0.490 e. The van der Waals surface area contributed by atoms with E-state index >= 15 is 0 Å². The molecule has 202 valence electrons. The molecule has 5 rings (SSSR count). The van der Waals surface area contributed by atoms with Crippen LogP contribution in [0.1, 0.15) is 12.0 Å². The highest BCUT2D eigenvalue weighted by Gasteiger charge is 2.16. The third-order valence-electron chi connectivity index (χ3n) is 6.78. The molecule has 38 heavy (non-hydrogen) atoms. The summed E-state index contributed by atoms with van der Waals surface area (Å²) in [5.74, 6) is 1.49. The maximum absolute atomic E-state index is 6.51. The molecule has 0 radical (unpaired) electrons. The van der Waals surface area contributed by atoms with Crippen LogP contribution < -0.4 is 15.4 Å². The van der Waals surface area contributed by atoms with Gasteiger partial charge in [-0.2, -0.15) is 0 Å². The van der Waals surface area contributed by atoms with Gasteiger partial charge in [-0.25, -0.2) is 9.97 Å². The Hall–Kier alpha value is -3.11. The van der Waals surface area contributed by atoms with Gasteiger partial charge < -0.3 is 25.0 Å². The second-order valence-electron chi connectivity index (χ2n) is 9.89. The normalized spacial score (nSPS) is 14.4. The Morgan fingerprint density at radius 1 is 1.16 bits per heavy atom. The molecular formula is C28H36ClN7O2. The minimum absolute atomic E-state index is 0.592. The Kier molecular flexibility index (Phi) is 8.48. The van der Waals surface area contributed by atoms with E-state index in [4.69, 9.17) is 26.1 Å². The summed E-state index contributed by atoms with van der Waals surface area (Å²) < 4.78 is 13.9. The van der Waals surface area contributed by atoms with Gasteiger partial charge in [0.25, 0.3) is 0 Å². The molecule has 0 aliphatic carbocycles. The summed E-state index contributed by atoms with van der Waals surface area (Å²) in [6, 6.07) is 9.98. The molecule has 0 amide bonds. The number of aryl methyl sites for hydroxylation is 1. The van der Waals surface area contributed by atoms with Crippen LogP contribution >= 0.6 is 11.6 Å². The lowest BCUT2D eigenvalue weighted by Gasteiger charge is -2.26. The number of morpholine rings is 1. The van der Waals surface area contributed by atoms with Crippen molar-refractivity contribution in [3.05, 3.63) is 53.4 Å². The van der Waals surface area contributed by atoms with Crippen molar-refractivity contribution in [1.82, 2.24) is 24.2 Å². The Labute approximate surface area is 228 Å². The van der Waals surface area contributed by atoms with Crippen LogP contribution in [0.25, 0.3) is 16.6 Å². The third kappa shape index (κ3) is 6.13. The number of hydrogen-bond acceptors (Lipinski definition) is 8. The molecule has 1 aliphatic heterocycles. The number of aromatic nitrogens is 3. The molecular weight excluding hydrogens is 502 g/mol. The molecule has 0 atom stereocenters. The first-order valence-electron chi connectivity index (χ1n) is 13.1. The first-order chi connectivity index (χ1) is 18.5. The van der Waals surface area contributed by atoms with Crippen molar-refractivity contribution in [2.75, 3.05) is 77.3 Å². The predicted octanol–water partition coefficient (Wildman–Crippen LogP) is 4.66. The van der Waals surface area contributed by atoms with E-state index in [2.05, 4.69) is 50.0 Å². The summed E-state index contributed by atoms with van der Waals surface area (Å²) in [4.78, 5) is 14.0. The average Bonchev–Trinajstić information content (AvgIpc) is 3.40. The lowest BCUT2D eigenvalue weighted by Crippen LogP contribution is -2.38. The molecule has 0 spiro atoms. The monoisotopic (exact) mass is 537 g/mol. The van der Waals surface area contributed by atoms with Gasteiger partial charge in [-0.3, -0.25) is 9.30 Å². The highest BCUT2D eigenvalue weighted by Crippen LogP contribution is 2.34. The molecule has 9 nitrogen and oxygen atoms in total. The molecule has 1 aliphatic rings. The molecule has 2 aromatic carbocycles. The number of halogens is 1. The van der Waals surface area contributed by atoms with E-state index < -0.39 is 0 Å². The lowest BCUT2D eigenvalue weighted by molar-refractivity contribution is 0.0323. The van der Waals surface area contributed by atoms with E-state index in [0.717, 1.165) is 91.6 Å². The number of nitrogens with zero attached hydrogens (tertiary/aromatic N) is 5. The molecule has 4 aromatic rings. The zero-order chi connectivity index (χ0) is 26.5. The summed E-state index contributed by atoms with van der Waals surface area (Å²) in [6.45, 7) is 8.76. The fourth-order valence-electron chi connectivity index (χ4n) is 4.67. The van der Waals surface area contributed by atoms with Crippen molar-refractivity contribution in [2.24, 2.45) is 0 Å². The number of hydrogen-bond donors (Lipinski definition) is 2. The first kappa shape index (κ1) is 26.5. The highest BCUT2D eigenvalue weighted by molar-refractivity contribution is 6.33. The number of imidazole rings is 1. The fraction of sp³-hybridized carbons (Fsp3) is 0.429. The third-order valence-corrected chi connectivity index (χ3v) is 7.10. The van der Waals surface area contributed by atoms with E-state index in [-0.39, 0.29) is 0 Å². The van der Waals surface area contributed by atoms with Crippen molar-refractivity contribution in [2.45, 2.75) is 13.3 Å². The minimum atomic E-state index is 0.592. The summed E-state index contributed by atoms with van der Waals surface area (Å²) in [7, 11) is 4.18. The van der Waals surface area contributed by atoms with Crippen LogP contribution in [0.2, 0.25) is 5.02 Å². The average molecular weight is 538 g/mol. The van der Waals surface area contributed by atoms with Crippen LogP contribution in [0.3, 0.4) is 0 Å². The Balaban J connectivity index is 1.47. The van der Waals surface area contributed by atoms with E-state index in [1.54, 1.807) is 0 Å². The van der Waals surface area contributed by atoms with Crippen molar-refractivity contribution in [3.63, 3.8) is 0 Å². The predicted molar refractivity (Wildman–Crippen MR) is 154 cm³/mol. The maximum atomic E-state index is 6.51. The molecule has 10 heteroatoms. The summed E-state index contributed by atoms with van der Waals surface area (Å²) in [5, 5.41) is 7.69. The topological polar surface area (TPSA) is 79.2 Å². The summed E-state index contributed by atoms with van der Waals surface area (Å²) >= 11 is 6.51. The fourth-order valence-corrected chi connectivity index (χ4v) is 4.94. The van der Waals surface area contributed by atoms with Crippen molar-refractivity contribution < 1.29 is 9.47 Å². The molecule has 0 bridgehead atoms. The van der Waals surface area contributed by atoms with Crippen LogP contribution in [-0.2, 0) is 4.74 Å². The van der Waals surface area contributed by atoms with Gasteiger partial charge >= 0.3 is 0 Å². The number of rotatable bonds is 11. The number of ether oxygens (including phenoxy) is 2. The van der Waals surface area contributed by atoms with Gasteiger partial charge in [-0.05, 0) is 51.7 Å². The smallest absolute Gasteiger partial charge is 0.157 e. The molecule has 3 heterocycles. The van der Waals surface area contributed by atoms with E-state index in [1.807, 2.05) is 43.7 Å². The van der Waals surface area contributed by atoms with Crippen molar-refractivity contribution in [3.8, 4) is 5.75 Å². The van der Waals surface area contributed by atoms with Crippen LogP contribution in [0, 0.1) is 6.92 Å². The second kappa shape index (κ2) is 12.2. The quantitative estimate of drug-likeness (QED) is 0.267. The van der Waals surface area contributed by atoms with Gasteiger partial charge in [-0.15, -0.1) is 0 Å².